The normalized spacial score (nSPS) is 12.2. The topological polar surface area (TPSA) is 46.3 Å². The van der Waals surface area contributed by atoms with Crippen LogP contribution in [-0.2, 0) is 11.2 Å². The predicted octanol–water partition coefficient (Wildman–Crippen LogP) is 0.892. The number of nitrogens with two attached hydrogens (primary N) is 1. The molecule has 0 saturated heterocycles. The van der Waals surface area contributed by atoms with Crippen molar-refractivity contribution in [2.24, 2.45) is 11.7 Å². The minimum absolute atomic E-state index is 0.0985. The van der Waals surface area contributed by atoms with Gasteiger partial charge in [0.25, 0.3) is 0 Å². The van der Waals surface area contributed by atoms with E-state index in [2.05, 4.69) is 0 Å². The van der Waals surface area contributed by atoms with E-state index in [1.807, 2.05) is 30.3 Å². The first-order valence-corrected chi connectivity index (χ1v) is 5.10. The Balaban J connectivity index is 2.66. The summed E-state index contributed by atoms with van der Waals surface area (Å²) in [7, 11) is 3.52. The number of benzene rings is 1. The van der Waals surface area contributed by atoms with Crippen LogP contribution in [0.3, 0.4) is 0 Å². The molecule has 0 aromatic heterocycles. The molecule has 0 fully saturated rings. The molecule has 2 N–H and O–H groups in total. The lowest BCUT2D eigenvalue weighted by molar-refractivity contribution is -0.132. The summed E-state index contributed by atoms with van der Waals surface area (Å²) in [5.74, 6) is -0.0104. The molecule has 1 atom stereocenters. The van der Waals surface area contributed by atoms with E-state index in [0.717, 1.165) is 5.56 Å². The van der Waals surface area contributed by atoms with Gasteiger partial charge >= 0.3 is 0 Å². The fourth-order valence-corrected chi connectivity index (χ4v) is 1.54. The summed E-state index contributed by atoms with van der Waals surface area (Å²) >= 11 is 0. The second kappa shape index (κ2) is 5.51. The largest absolute Gasteiger partial charge is 0.349 e. The average molecular weight is 206 g/mol. The zero-order chi connectivity index (χ0) is 11.3. The SMILES string of the molecule is CN(C)C(=O)C(CN)Cc1ccccc1. The maximum absolute atomic E-state index is 11.7. The molecule has 1 aromatic carbocycles. The van der Waals surface area contributed by atoms with Crippen molar-refractivity contribution in [2.75, 3.05) is 20.6 Å². The third-order valence-electron chi connectivity index (χ3n) is 2.40. The lowest BCUT2D eigenvalue weighted by atomic mass is 9.98. The first-order valence-electron chi connectivity index (χ1n) is 5.10. The van der Waals surface area contributed by atoms with Gasteiger partial charge in [0, 0.05) is 20.6 Å². The van der Waals surface area contributed by atoms with Gasteiger partial charge in [-0.25, -0.2) is 0 Å². The summed E-state index contributed by atoms with van der Waals surface area (Å²) in [5.41, 5.74) is 6.77. The number of amides is 1. The molecule has 3 heteroatoms. The van der Waals surface area contributed by atoms with Crippen molar-refractivity contribution in [3.63, 3.8) is 0 Å². The van der Waals surface area contributed by atoms with Gasteiger partial charge in [-0.2, -0.15) is 0 Å². The Labute approximate surface area is 90.9 Å². The summed E-state index contributed by atoms with van der Waals surface area (Å²) in [6.45, 7) is 0.395. The third kappa shape index (κ3) is 3.36. The van der Waals surface area contributed by atoms with Crippen LogP contribution in [-0.4, -0.2) is 31.4 Å². The average Bonchev–Trinajstić information content (AvgIpc) is 2.26. The van der Waals surface area contributed by atoms with E-state index in [1.54, 1.807) is 19.0 Å². The molecular weight excluding hydrogens is 188 g/mol. The molecular formula is C12H18N2O. The van der Waals surface area contributed by atoms with Crippen molar-refractivity contribution in [2.45, 2.75) is 6.42 Å². The number of carbonyl (C=O) groups is 1. The summed E-state index contributed by atoms with van der Waals surface area (Å²) < 4.78 is 0. The monoisotopic (exact) mass is 206 g/mol. The van der Waals surface area contributed by atoms with Crippen LogP contribution in [0.15, 0.2) is 30.3 Å². The smallest absolute Gasteiger partial charge is 0.226 e. The zero-order valence-corrected chi connectivity index (χ0v) is 9.31. The van der Waals surface area contributed by atoms with E-state index in [4.69, 9.17) is 5.73 Å². The van der Waals surface area contributed by atoms with Gasteiger partial charge in [-0.05, 0) is 12.0 Å². The zero-order valence-electron chi connectivity index (χ0n) is 9.31. The van der Waals surface area contributed by atoms with Gasteiger partial charge in [-0.1, -0.05) is 30.3 Å². The van der Waals surface area contributed by atoms with Gasteiger partial charge in [0.2, 0.25) is 5.91 Å². The number of hydrogen-bond acceptors (Lipinski definition) is 2. The quantitative estimate of drug-likeness (QED) is 0.795. The van der Waals surface area contributed by atoms with Crippen molar-refractivity contribution in [3.05, 3.63) is 35.9 Å². The third-order valence-corrected chi connectivity index (χ3v) is 2.40. The summed E-state index contributed by atoms with van der Waals surface area (Å²) in [5, 5.41) is 0. The Morgan fingerprint density at radius 2 is 1.93 bits per heavy atom. The number of rotatable bonds is 4. The van der Waals surface area contributed by atoms with Crippen LogP contribution in [0.5, 0.6) is 0 Å². The van der Waals surface area contributed by atoms with E-state index in [9.17, 15) is 4.79 Å². The molecule has 0 bridgehead atoms. The molecule has 0 heterocycles. The van der Waals surface area contributed by atoms with E-state index in [1.165, 1.54) is 0 Å². The van der Waals surface area contributed by atoms with Crippen LogP contribution in [0.4, 0.5) is 0 Å². The second-order valence-electron chi connectivity index (χ2n) is 3.86. The first-order chi connectivity index (χ1) is 7.15. The molecule has 0 radical (unpaired) electrons. The van der Waals surface area contributed by atoms with E-state index in [0.29, 0.717) is 13.0 Å². The molecule has 1 amide bonds. The van der Waals surface area contributed by atoms with Crippen molar-refractivity contribution in [3.8, 4) is 0 Å². The molecule has 0 aliphatic rings. The van der Waals surface area contributed by atoms with Crippen molar-refractivity contribution >= 4 is 5.91 Å². The van der Waals surface area contributed by atoms with Gasteiger partial charge in [0.15, 0.2) is 0 Å². The minimum Gasteiger partial charge on any atom is -0.349 e. The van der Waals surface area contributed by atoms with E-state index >= 15 is 0 Å². The van der Waals surface area contributed by atoms with E-state index < -0.39 is 0 Å². The van der Waals surface area contributed by atoms with Gasteiger partial charge in [0.1, 0.15) is 0 Å². The van der Waals surface area contributed by atoms with Crippen LogP contribution in [0, 0.1) is 5.92 Å². The minimum atomic E-state index is -0.109. The molecule has 1 unspecified atom stereocenters. The highest BCUT2D eigenvalue weighted by Crippen LogP contribution is 2.09. The summed E-state index contributed by atoms with van der Waals surface area (Å²) in [6, 6.07) is 9.96. The van der Waals surface area contributed by atoms with Crippen LogP contribution in [0.2, 0.25) is 0 Å². The summed E-state index contributed by atoms with van der Waals surface area (Å²) in [6.07, 6.45) is 0.717. The standard InChI is InChI=1S/C12H18N2O/c1-14(2)12(15)11(9-13)8-10-6-4-3-5-7-10/h3-7,11H,8-9,13H2,1-2H3. The van der Waals surface area contributed by atoms with Crippen LogP contribution in [0.25, 0.3) is 0 Å². The Morgan fingerprint density at radius 1 is 1.33 bits per heavy atom. The van der Waals surface area contributed by atoms with Crippen molar-refractivity contribution < 1.29 is 4.79 Å². The van der Waals surface area contributed by atoms with Gasteiger partial charge in [-0.3, -0.25) is 4.79 Å². The lowest BCUT2D eigenvalue weighted by Gasteiger charge is -2.18. The number of nitrogens with zero attached hydrogens (tertiary/aromatic N) is 1. The van der Waals surface area contributed by atoms with Crippen LogP contribution < -0.4 is 5.73 Å². The number of hydrogen-bond donors (Lipinski definition) is 1. The van der Waals surface area contributed by atoms with Gasteiger partial charge in [0.05, 0.1) is 5.92 Å². The fraction of sp³-hybridized carbons (Fsp3) is 0.417. The predicted molar refractivity (Wildman–Crippen MR) is 61.4 cm³/mol. The highest BCUT2D eigenvalue weighted by atomic mass is 16.2. The Morgan fingerprint density at radius 3 is 2.40 bits per heavy atom. The fourth-order valence-electron chi connectivity index (χ4n) is 1.54. The molecule has 0 aliphatic heterocycles. The van der Waals surface area contributed by atoms with Crippen LogP contribution >= 0.6 is 0 Å². The highest BCUT2D eigenvalue weighted by molar-refractivity contribution is 5.78. The number of carbonyl (C=O) groups excluding carboxylic acids is 1. The highest BCUT2D eigenvalue weighted by Gasteiger charge is 2.18. The van der Waals surface area contributed by atoms with Gasteiger partial charge < -0.3 is 10.6 Å². The van der Waals surface area contributed by atoms with E-state index in [-0.39, 0.29) is 11.8 Å². The molecule has 82 valence electrons. The maximum Gasteiger partial charge on any atom is 0.226 e. The molecule has 3 nitrogen and oxygen atoms in total. The maximum atomic E-state index is 11.7. The van der Waals surface area contributed by atoms with Crippen LogP contribution in [0.1, 0.15) is 5.56 Å². The molecule has 0 spiro atoms. The van der Waals surface area contributed by atoms with Crippen molar-refractivity contribution in [1.82, 2.24) is 4.90 Å². The Bertz CT molecular complexity index is 309. The lowest BCUT2D eigenvalue weighted by Crippen LogP contribution is -2.35. The first kappa shape index (κ1) is 11.7. The molecule has 1 aromatic rings. The molecule has 1 rings (SSSR count). The Kier molecular flexibility index (Phi) is 4.31. The van der Waals surface area contributed by atoms with Crippen molar-refractivity contribution in [1.29, 1.82) is 0 Å². The molecule has 0 aliphatic carbocycles. The molecule has 0 saturated carbocycles. The Hall–Kier alpha value is -1.35. The second-order valence-corrected chi connectivity index (χ2v) is 3.86. The molecule has 15 heavy (non-hydrogen) atoms. The summed E-state index contributed by atoms with van der Waals surface area (Å²) in [4.78, 5) is 13.3. The van der Waals surface area contributed by atoms with Gasteiger partial charge in [-0.15, -0.1) is 0 Å².